The first-order chi connectivity index (χ1) is 12.3. The Morgan fingerprint density at radius 1 is 1.20 bits per heavy atom. The average Bonchev–Trinajstić information content (AvgIpc) is 3.17. The molecule has 2 rings (SSSR count). The summed E-state index contributed by atoms with van der Waals surface area (Å²) in [6.07, 6.45) is 2.62. The Kier molecular flexibility index (Phi) is 8.77. The zero-order valence-electron chi connectivity index (χ0n) is 16.0. The molecule has 1 aliphatic heterocycles. The van der Waals surface area contributed by atoms with Crippen LogP contribution in [0.3, 0.4) is 0 Å². The van der Waals surface area contributed by atoms with Gasteiger partial charge >= 0.3 is 0 Å². The number of ether oxygens (including phenoxy) is 1. The van der Waals surface area contributed by atoms with Crippen LogP contribution in [-0.2, 0) is 4.74 Å². The molecule has 0 amide bonds. The predicted molar refractivity (Wildman–Crippen MR) is 105 cm³/mol. The fraction of sp³-hybridized carbons (Fsp3) is 0.650. The van der Waals surface area contributed by atoms with Gasteiger partial charge in [-0.25, -0.2) is 0 Å². The largest absolute Gasteiger partial charge is 0.376 e. The van der Waals surface area contributed by atoms with E-state index in [9.17, 15) is 0 Å². The number of likely N-dealkylation sites (N-methyl/N-ethyl adjacent to an activating group) is 1. The van der Waals surface area contributed by atoms with Gasteiger partial charge in [-0.05, 0) is 38.4 Å². The van der Waals surface area contributed by atoms with E-state index in [0.29, 0.717) is 12.1 Å². The van der Waals surface area contributed by atoms with Crippen molar-refractivity contribution in [1.29, 1.82) is 0 Å². The number of rotatable bonds is 9. The molecular formula is C20H34N4O. The molecule has 0 bridgehead atoms. The van der Waals surface area contributed by atoms with Crippen LogP contribution in [0.25, 0.3) is 0 Å². The molecule has 0 spiro atoms. The van der Waals surface area contributed by atoms with Crippen LogP contribution in [0.2, 0.25) is 0 Å². The average molecular weight is 347 g/mol. The summed E-state index contributed by atoms with van der Waals surface area (Å²) >= 11 is 0. The minimum atomic E-state index is 0.300. The van der Waals surface area contributed by atoms with E-state index in [0.717, 1.165) is 58.1 Å². The molecule has 5 heteroatoms. The highest BCUT2D eigenvalue weighted by Gasteiger charge is 2.18. The Morgan fingerprint density at radius 2 is 1.96 bits per heavy atom. The zero-order valence-corrected chi connectivity index (χ0v) is 16.0. The van der Waals surface area contributed by atoms with Crippen molar-refractivity contribution in [3.05, 3.63) is 35.9 Å². The smallest absolute Gasteiger partial charge is 0.191 e. The van der Waals surface area contributed by atoms with Crippen LogP contribution in [0, 0.1) is 0 Å². The second-order valence-corrected chi connectivity index (χ2v) is 6.38. The van der Waals surface area contributed by atoms with Gasteiger partial charge in [0, 0.05) is 19.7 Å². The molecule has 5 nitrogen and oxygen atoms in total. The standard InChI is InChI=1S/C20H34N4O/c1-4-21-20(22-15-18-13-10-14-25-18)23-16-19(24(5-2)6-3)17-11-8-7-9-12-17/h7-9,11-12,18-19H,4-6,10,13-16H2,1-3H3,(H2,21,22,23). The van der Waals surface area contributed by atoms with E-state index >= 15 is 0 Å². The lowest BCUT2D eigenvalue weighted by Gasteiger charge is -2.29. The maximum absolute atomic E-state index is 5.70. The summed E-state index contributed by atoms with van der Waals surface area (Å²) in [5.41, 5.74) is 1.32. The van der Waals surface area contributed by atoms with Gasteiger partial charge < -0.3 is 15.4 Å². The molecule has 2 unspecified atom stereocenters. The van der Waals surface area contributed by atoms with Gasteiger partial charge in [-0.2, -0.15) is 0 Å². The maximum Gasteiger partial charge on any atom is 0.191 e. The van der Waals surface area contributed by atoms with Gasteiger partial charge in [0.25, 0.3) is 0 Å². The van der Waals surface area contributed by atoms with E-state index in [4.69, 9.17) is 9.73 Å². The van der Waals surface area contributed by atoms with Crippen molar-refractivity contribution in [3.8, 4) is 0 Å². The summed E-state index contributed by atoms with van der Waals surface area (Å²) in [6, 6.07) is 11.0. The number of hydrogen-bond acceptors (Lipinski definition) is 3. The fourth-order valence-electron chi connectivity index (χ4n) is 3.31. The Bertz CT molecular complexity index is 496. The lowest BCUT2D eigenvalue weighted by molar-refractivity contribution is 0.113. The number of aliphatic imine (C=N–C) groups is 1. The topological polar surface area (TPSA) is 48.9 Å². The summed E-state index contributed by atoms with van der Waals surface area (Å²) in [4.78, 5) is 7.33. The molecule has 1 aromatic rings. The van der Waals surface area contributed by atoms with E-state index < -0.39 is 0 Å². The van der Waals surface area contributed by atoms with Crippen LogP contribution in [0.1, 0.15) is 45.2 Å². The second kappa shape index (κ2) is 11.1. The minimum absolute atomic E-state index is 0.300. The summed E-state index contributed by atoms with van der Waals surface area (Å²) in [7, 11) is 0. The van der Waals surface area contributed by atoms with Crippen LogP contribution in [-0.4, -0.2) is 56.3 Å². The van der Waals surface area contributed by atoms with Crippen molar-refractivity contribution in [1.82, 2.24) is 15.5 Å². The van der Waals surface area contributed by atoms with E-state index in [1.165, 1.54) is 5.56 Å². The molecule has 1 heterocycles. The SMILES string of the molecule is CCNC(=NCC(c1ccccc1)N(CC)CC)NCC1CCCO1. The second-order valence-electron chi connectivity index (χ2n) is 6.38. The van der Waals surface area contributed by atoms with Crippen molar-refractivity contribution in [2.45, 2.75) is 45.8 Å². The third-order valence-electron chi connectivity index (χ3n) is 4.73. The summed E-state index contributed by atoms with van der Waals surface area (Å²) in [5, 5.41) is 6.79. The van der Waals surface area contributed by atoms with Crippen LogP contribution in [0.5, 0.6) is 0 Å². The van der Waals surface area contributed by atoms with E-state index in [2.05, 4.69) is 66.6 Å². The van der Waals surface area contributed by atoms with Crippen LogP contribution >= 0.6 is 0 Å². The van der Waals surface area contributed by atoms with Gasteiger partial charge in [0.2, 0.25) is 0 Å². The van der Waals surface area contributed by atoms with Crippen LogP contribution < -0.4 is 10.6 Å². The molecule has 0 radical (unpaired) electrons. The maximum atomic E-state index is 5.70. The molecule has 1 fully saturated rings. The van der Waals surface area contributed by atoms with Gasteiger partial charge in [-0.15, -0.1) is 0 Å². The third kappa shape index (κ3) is 6.33. The number of hydrogen-bond donors (Lipinski definition) is 2. The van der Waals surface area contributed by atoms with Gasteiger partial charge in [-0.1, -0.05) is 44.2 Å². The number of benzene rings is 1. The lowest BCUT2D eigenvalue weighted by atomic mass is 10.1. The third-order valence-corrected chi connectivity index (χ3v) is 4.73. The molecule has 0 aromatic heterocycles. The molecule has 2 atom stereocenters. The Labute approximate surface area is 152 Å². The molecule has 140 valence electrons. The molecule has 25 heavy (non-hydrogen) atoms. The zero-order chi connectivity index (χ0) is 17.9. The van der Waals surface area contributed by atoms with Crippen molar-refractivity contribution in [2.24, 2.45) is 4.99 Å². The van der Waals surface area contributed by atoms with Gasteiger partial charge in [0.05, 0.1) is 18.7 Å². The number of nitrogens with one attached hydrogen (secondary N) is 2. The summed E-state index contributed by atoms with van der Waals surface area (Å²) < 4.78 is 5.70. The van der Waals surface area contributed by atoms with Gasteiger partial charge in [0.15, 0.2) is 5.96 Å². The molecule has 1 aliphatic rings. The fourth-order valence-corrected chi connectivity index (χ4v) is 3.31. The summed E-state index contributed by atoms with van der Waals surface area (Å²) in [5.74, 6) is 0.881. The molecule has 1 aromatic carbocycles. The molecule has 2 N–H and O–H groups in total. The van der Waals surface area contributed by atoms with E-state index in [-0.39, 0.29) is 0 Å². The van der Waals surface area contributed by atoms with Gasteiger partial charge in [0.1, 0.15) is 0 Å². The van der Waals surface area contributed by atoms with Crippen molar-refractivity contribution < 1.29 is 4.74 Å². The van der Waals surface area contributed by atoms with Crippen molar-refractivity contribution in [3.63, 3.8) is 0 Å². The summed E-state index contributed by atoms with van der Waals surface area (Å²) in [6.45, 7) is 11.9. The highest BCUT2D eigenvalue weighted by Crippen LogP contribution is 2.20. The van der Waals surface area contributed by atoms with Crippen LogP contribution in [0.15, 0.2) is 35.3 Å². The normalized spacial score (nSPS) is 19.2. The first-order valence-corrected chi connectivity index (χ1v) is 9.71. The number of guanidine groups is 1. The number of nitrogens with zero attached hydrogens (tertiary/aromatic N) is 2. The van der Waals surface area contributed by atoms with E-state index in [1.54, 1.807) is 0 Å². The first kappa shape index (κ1) is 19.7. The van der Waals surface area contributed by atoms with Crippen molar-refractivity contribution >= 4 is 5.96 Å². The Balaban J connectivity index is 2.03. The molecule has 0 aliphatic carbocycles. The quantitative estimate of drug-likeness (QED) is 0.533. The highest BCUT2D eigenvalue weighted by molar-refractivity contribution is 5.79. The minimum Gasteiger partial charge on any atom is -0.376 e. The highest BCUT2D eigenvalue weighted by atomic mass is 16.5. The lowest BCUT2D eigenvalue weighted by Crippen LogP contribution is -2.41. The van der Waals surface area contributed by atoms with Crippen LogP contribution in [0.4, 0.5) is 0 Å². The Hall–Kier alpha value is -1.59. The monoisotopic (exact) mass is 346 g/mol. The van der Waals surface area contributed by atoms with Crippen molar-refractivity contribution in [2.75, 3.05) is 39.3 Å². The van der Waals surface area contributed by atoms with E-state index in [1.807, 2.05) is 0 Å². The molecular weight excluding hydrogens is 312 g/mol. The van der Waals surface area contributed by atoms with Gasteiger partial charge in [-0.3, -0.25) is 9.89 Å². The predicted octanol–water partition coefficient (Wildman–Crippen LogP) is 2.80. The Morgan fingerprint density at radius 3 is 2.56 bits per heavy atom. The molecule has 1 saturated heterocycles. The molecule has 0 saturated carbocycles. The first-order valence-electron chi connectivity index (χ1n) is 9.71.